The Morgan fingerprint density at radius 1 is 1.09 bits per heavy atom. The summed E-state index contributed by atoms with van der Waals surface area (Å²) in [5, 5.41) is 2.58. The molecule has 0 aliphatic heterocycles. The summed E-state index contributed by atoms with van der Waals surface area (Å²) >= 11 is 1.52. The van der Waals surface area contributed by atoms with Crippen molar-refractivity contribution >= 4 is 22.2 Å². The van der Waals surface area contributed by atoms with E-state index in [1.165, 1.54) is 17.4 Å². The van der Waals surface area contributed by atoms with Gasteiger partial charge in [-0.15, -0.1) is 11.3 Å². The smallest absolute Gasteiger partial charge is 0.353 e. The van der Waals surface area contributed by atoms with Crippen molar-refractivity contribution in [2.75, 3.05) is 6.54 Å². The maximum absolute atomic E-state index is 13.3. The standard InChI is InChI=1S/C17H17F3N2S/c18-17(19,20)13-7-3-6-11-12(5-1-2-9-21)16(22-15(11)13)14-8-4-10-23-14/h3-4,6-8,10,22H,1-2,5,9,21H2. The lowest BCUT2D eigenvalue weighted by Gasteiger charge is -2.07. The zero-order valence-electron chi connectivity index (χ0n) is 12.4. The first-order valence-corrected chi connectivity index (χ1v) is 8.35. The van der Waals surface area contributed by atoms with Gasteiger partial charge in [0.1, 0.15) is 0 Å². The number of unbranched alkanes of at least 4 members (excludes halogenated alkanes) is 1. The van der Waals surface area contributed by atoms with Gasteiger partial charge < -0.3 is 10.7 Å². The van der Waals surface area contributed by atoms with Crippen LogP contribution in [-0.4, -0.2) is 11.5 Å². The number of nitrogens with two attached hydrogens (primary N) is 1. The highest BCUT2D eigenvalue weighted by Crippen LogP contribution is 2.40. The minimum atomic E-state index is -4.37. The van der Waals surface area contributed by atoms with Gasteiger partial charge in [0.15, 0.2) is 0 Å². The van der Waals surface area contributed by atoms with Crippen LogP contribution < -0.4 is 5.73 Å². The zero-order valence-corrected chi connectivity index (χ0v) is 13.2. The Hall–Kier alpha value is -1.79. The van der Waals surface area contributed by atoms with Crippen LogP contribution >= 0.6 is 11.3 Å². The summed E-state index contributed by atoms with van der Waals surface area (Å²) in [6.07, 6.45) is -1.94. The van der Waals surface area contributed by atoms with Gasteiger partial charge in [-0.05, 0) is 48.9 Å². The molecule has 0 aliphatic carbocycles. The molecule has 0 saturated carbocycles. The molecule has 0 unspecified atom stereocenters. The van der Waals surface area contributed by atoms with Crippen molar-refractivity contribution in [1.82, 2.24) is 4.98 Å². The number of halogens is 3. The summed E-state index contributed by atoms with van der Waals surface area (Å²) in [6.45, 7) is 0.588. The van der Waals surface area contributed by atoms with E-state index in [4.69, 9.17) is 5.73 Å². The molecule has 0 radical (unpaired) electrons. The normalized spacial score (nSPS) is 12.2. The molecule has 0 saturated heterocycles. The molecule has 23 heavy (non-hydrogen) atoms. The highest BCUT2D eigenvalue weighted by Gasteiger charge is 2.34. The molecule has 3 rings (SSSR count). The van der Waals surface area contributed by atoms with E-state index in [-0.39, 0.29) is 5.52 Å². The first-order chi connectivity index (χ1) is 11.0. The van der Waals surface area contributed by atoms with E-state index in [1.807, 2.05) is 17.5 Å². The first kappa shape index (κ1) is 16.1. The largest absolute Gasteiger partial charge is 0.418 e. The van der Waals surface area contributed by atoms with Crippen molar-refractivity contribution in [3.05, 3.63) is 46.8 Å². The zero-order chi connectivity index (χ0) is 16.4. The number of fused-ring (bicyclic) bond motifs is 1. The van der Waals surface area contributed by atoms with Crippen LogP contribution in [0.15, 0.2) is 35.7 Å². The highest BCUT2D eigenvalue weighted by molar-refractivity contribution is 7.13. The first-order valence-electron chi connectivity index (χ1n) is 7.47. The lowest BCUT2D eigenvalue weighted by Crippen LogP contribution is -2.05. The average Bonchev–Trinajstić information content (AvgIpc) is 3.13. The Balaban J connectivity index is 2.18. The van der Waals surface area contributed by atoms with E-state index < -0.39 is 11.7 Å². The maximum Gasteiger partial charge on any atom is 0.418 e. The minimum absolute atomic E-state index is 0.172. The molecular formula is C17H17F3N2S. The number of benzene rings is 1. The quantitative estimate of drug-likeness (QED) is 0.617. The van der Waals surface area contributed by atoms with Crippen LogP contribution in [0, 0.1) is 0 Å². The molecule has 2 aromatic heterocycles. The fourth-order valence-corrected chi connectivity index (χ4v) is 3.60. The SMILES string of the molecule is NCCCCc1c(-c2cccs2)[nH]c2c(C(F)(F)F)cccc12. The number of aromatic nitrogens is 1. The highest BCUT2D eigenvalue weighted by atomic mass is 32.1. The second kappa shape index (κ2) is 6.37. The number of para-hydroxylation sites is 1. The van der Waals surface area contributed by atoms with Crippen LogP contribution in [0.25, 0.3) is 21.5 Å². The second-order valence-corrected chi connectivity index (χ2v) is 6.38. The molecule has 3 N–H and O–H groups in total. The number of H-pyrrole nitrogens is 1. The number of nitrogens with one attached hydrogen (secondary N) is 1. The number of aromatic amines is 1. The Bertz CT molecular complexity index is 788. The summed E-state index contributed by atoms with van der Waals surface area (Å²) < 4.78 is 39.8. The Labute approximate surface area is 136 Å². The number of alkyl halides is 3. The van der Waals surface area contributed by atoms with Crippen molar-refractivity contribution in [3.63, 3.8) is 0 Å². The topological polar surface area (TPSA) is 41.8 Å². The van der Waals surface area contributed by atoms with E-state index in [1.54, 1.807) is 6.07 Å². The maximum atomic E-state index is 13.3. The molecule has 6 heteroatoms. The van der Waals surface area contributed by atoms with Gasteiger partial charge in [-0.1, -0.05) is 18.2 Å². The summed E-state index contributed by atoms with van der Waals surface area (Å²) in [5.41, 5.74) is 6.84. The van der Waals surface area contributed by atoms with Gasteiger partial charge in [0.25, 0.3) is 0 Å². The van der Waals surface area contributed by atoms with Gasteiger partial charge >= 0.3 is 6.18 Å². The summed E-state index contributed by atoms with van der Waals surface area (Å²) in [7, 11) is 0. The van der Waals surface area contributed by atoms with Gasteiger partial charge in [-0.2, -0.15) is 13.2 Å². The predicted octanol–water partition coefficient (Wildman–Crippen LogP) is 5.20. The third kappa shape index (κ3) is 3.14. The van der Waals surface area contributed by atoms with Gasteiger partial charge in [0.05, 0.1) is 21.7 Å². The third-order valence-corrected chi connectivity index (χ3v) is 4.78. The monoisotopic (exact) mass is 338 g/mol. The summed E-state index contributed by atoms with van der Waals surface area (Å²) in [5.74, 6) is 0. The van der Waals surface area contributed by atoms with Crippen molar-refractivity contribution < 1.29 is 13.2 Å². The van der Waals surface area contributed by atoms with E-state index in [0.29, 0.717) is 18.4 Å². The number of thiophene rings is 1. The molecule has 0 bridgehead atoms. The van der Waals surface area contributed by atoms with Crippen molar-refractivity contribution in [2.24, 2.45) is 5.73 Å². The molecule has 2 heterocycles. The molecule has 1 aromatic carbocycles. The van der Waals surface area contributed by atoms with E-state index in [0.717, 1.165) is 35.0 Å². The number of aryl methyl sites for hydroxylation is 1. The van der Waals surface area contributed by atoms with Crippen molar-refractivity contribution in [1.29, 1.82) is 0 Å². The molecule has 2 nitrogen and oxygen atoms in total. The van der Waals surface area contributed by atoms with Crippen LogP contribution in [0.4, 0.5) is 13.2 Å². The molecule has 0 atom stereocenters. The van der Waals surface area contributed by atoms with E-state index in [2.05, 4.69) is 4.98 Å². The number of rotatable bonds is 5. The molecule has 0 amide bonds. The van der Waals surface area contributed by atoms with Gasteiger partial charge in [0, 0.05) is 5.39 Å². The fraction of sp³-hybridized carbons (Fsp3) is 0.294. The lowest BCUT2D eigenvalue weighted by atomic mass is 10.0. The second-order valence-electron chi connectivity index (χ2n) is 5.43. The molecule has 3 aromatic rings. The number of hydrogen-bond donors (Lipinski definition) is 2. The van der Waals surface area contributed by atoms with Crippen molar-refractivity contribution in [3.8, 4) is 10.6 Å². The van der Waals surface area contributed by atoms with Crippen LogP contribution in [0.3, 0.4) is 0 Å². The summed E-state index contributed by atoms with van der Waals surface area (Å²) in [4.78, 5) is 3.98. The van der Waals surface area contributed by atoms with Gasteiger partial charge in [0.2, 0.25) is 0 Å². The summed E-state index contributed by atoms with van der Waals surface area (Å²) in [6, 6.07) is 8.19. The van der Waals surface area contributed by atoms with Crippen LogP contribution in [0.1, 0.15) is 24.0 Å². The van der Waals surface area contributed by atoms with Gasteiger partial charge in [-0.25, -0.2) is 0 Å². The fourth-order valence-electron chi connectivity index (χ4n) is 2.85. The van der Waals surface area contributed by atoms with Gasteiger partial charge in [-0.3, -0.25) is 0 Å². The number of hydrogen-bond acceptors (Lipinski definition) is 2. The van der Waals surface area contributed by atoms with Crippen LogP contribution in [0.5, 0.6) is 0 Å². The Morgan fingerprint density at radius 3 is 2.57 bits per heavy atom. The molecule has 0 aliphatic rings. The van der Waals surface area contributed by atoms with E-state index >= 15 is 0 Å². The van der Waals surface area contributed by atoms with Crippen molar-refractivity contribution in [2.45, 2.75) is 25.4 Å². The Kier molecular flexibility index (Phi) is 4.46. The third-order valence-electron chi connectivity index (χ3n) is 3.90. The molecule has 0 fully saturated rings. The molecular weight excluding hydrogens is 321 g/mol. The lowest BCUT2D eigenvalue weighted by molar-refractivity contribution is -0.136. The Morgan fingerprint density at radius 2 is 1.91 bits per heavy atom. The van der Waals surface area contributed by atoms with Crippen LogP contribution in [-0.2, 0) is 12.6 Å². The van der Waals surface area contributed by atoms with Crippen LogP contribution in [0.2, 0.25) is 0 Å². The molecule has 0 spiro atoms. The predicted molar refractivity (Wildman–Crippen MR) is 88.6 cm³/mol. The average molecular weight is 338 g/mol. The molecule has 122 valence electrons. The minimum Gasteiger partial charge on any atom is -0.353 e. The van der Waals surface area contributed by atoms with E-state index in [9.17, 15) is 13.2 Å².